The van der Waals surface area contributed by atoms with Crippen LogP contribution < -0.4 is 15.8 Å². The number of amidine groups is 1. The maximum absolute atomic E-state index is 15.0. The molecule has 2 atom stereocenters. The van der Waals surface area contributed by atoms with Crippen LogP contribution in [0.15, 0.2) is 35.6 Å². The van der Waals surface area contributed by atoms with Gasteiger partial charge >= 0.3 is 0 Å². The zero-order chi connectivity index (χ0) is 21.6. The number of ether oxygens (including phenoxy) is 2. The molecule has 1 amide bonds. The third-order valence-corrected chi connectivity index (χ3v) is 7.08. The number of aliphatic imine (C=N–C) groups is 1. The predicted octanol–water partition coefficient (Wildman–Crippen LogP) is 2.70. The molecule has 0 bridgehead atoms. The molecule has 2 fully saturated rings. The number of anilines is 1. The fourth-order valence-corrected chi connectivity index (χ4v) is 4.94. The van der Waals surface area contributed by atoms with Gasteiger partial charge in [-0.25, -0.2) is 19.4 Å². The van der Waals surface area contributed by atoms with Gasteiger partial charge in [-0.2, -0.15) is 0 Å². The summed E-state index contributed by atoms with van der Waals surface area (Å²) in [5, 5.41) is 3.17. The Morgan fingerprint density at radius 2 is 2.16 bits per heavy atom. The van der Waals surface area contributed by atoms with Crippen molar-refractivity contribution in [2.75, 3.05) is 24.3 Å². The number of carbonyl (C=O) groups excluding carboxylic acids is 1. The molecule has 3 N–H and O–H groups in total. The minimum Gasteiger partial charge on any atom is -0.473 e. The highest BCUT2D eigenvalue weighted by Gasteiger charge is 2.57. The summed E-state index contributed by atoms with van der Waals surface area (Å²) in [5.41, 5.74) is 5.58. The molecule has 8 nitrogen and oxygen atoms in total. The molecule has 3 heterocycles. The predicted molar refractivity (Wildman–Crippen MR) is 115 cm³/mol. The summed E-state index contributed by atoms with van der Waals surface area (Å²) in [5.74, 6) is 0.199. The molecule has 1 aromatic heterocycles. The molecule has 0 unspecified atom stereocenters. The Bertz CT molecular complexity index is 1060. The number of aromatic nitrogens is 2. The number of halogens is 1. The summed E-state index contributed by atoms with van der Waals surface area (Å²) in [6.45, 7) is 2.71. The van der Waals surface area contributed by atoms with Gasteiger partial charge in [0, 0.05) is 22.4 Å². The number of hydrogen-bond acceptors (Lipinski definition) is 8. The Labute approximate surface area is 182 Å². The number of thioether (sulfide) groups is 1. The van der Waals surface area contributed by atoms with Gasteiger partial charge in [-0.05, 0) is 31.0 Å². The second kappa shape index (κ2) is 7.45. The summed E-state index contributed by atoms with van der Waals surface area (Å²) in [6.07, 6.45) is 5.02. The lowest BCUT2D eigenvalue weighted by atomic mass is 9.70. The Balaban J connectivity index is 1.41. The van der Waals surface area contributed by atoms with Gasteiger partial charge in [0.05, 0.1) is 25.6 Å². The van der Waals surface area contributed by atoms with Gasteiger partial charge in [-0.15, -0.1) is 0 Å². The number of amides is 1. The van der Waals surface area contributed by atoms with Crippen LogP contribution in [0.1, 0.15) is 35.8 Å². The smallest absolute Gasteiger partial charge is 0.275 e. The van der Waals surface area contributed by atoms with Crippen LogP contribution in [-0.4, -0.2) is 46.1 Å². The van der Waals surface area contributed by atoms with E-state index < -0.39 is 22.7 Å². The van der Waals surface area contributed by atoms with Crippen LogP contribution in [0.3, 0.4) is 0 Å². The number of carbonyl (C=O) groups is 1. The highest BCUT2D eigenvalue weighted by atomic mass is 32.2. The second-order valence-corrected chi connectivity index (χ2v) is 9.35. The fourth-order valence-electron chi connectivity index (χ4n) is 3.93. The maximum Gasteiger partial charge on any atom is 0.275 e. The number of hydrogen-bond donors (Lipinski definition) is 2. The molecule has 5 rings (SSSR count). The third-order valence-electron chi connectivity index (χ3n) is 5.91. The van der Waals surface area contributed by atoms with Crippen LogP contribution in [0.4, 0.5) is 10.1 Å². The Hall–Kier alpha value is -2.72. The van der Waals surface area contributed by atoms with Crippen molar-refractivity contribution in [1.82, 2.24) is 9.97 Å². The van der Waals surface area contributed by atoms with E-state index in [9.17, 15) is 9.18 Å². The van der Waals surface area contributed by atoms with E-state index in [-0.39, 0.29) is 18.4 Å². The van der Waals surface area contributed by atoms with Crippen LogP contribution in [0.5, 0.6) is 5.88 Å². The zero-order valence-corrected chi connectivity index (χ0v) is 17.7. The standard InChI is InChI=1S/C21H22FN5O3S/c1-20-9-29-10-21(20,27-19(23)31-11-20)14-6-12(2-5-15(14)22)26-18(28)16-7-25-17(8-24-16)30-13-3-4-13/h2,5-8,13H,3-4,9-11H2,1H3,(H2,23,27)(H,26,28)/t20-,21+/m0/s1. The van der Waals surface area contributed by atoms with E-state index in [4.69, 9.17) is 15.2 Å². The number of nitrogens with two attached hydrogens (primary N) is 1. The third kappa shape index (κ3) is 3.63. The molecule has 2 aromatic rings. The maximum atomic E-state index is 15.0. The SMILES string of the molecule is C[C@@]12COC[C@]1(c1cc(NC(=O)c3cnc(OC4CC4)cn3)ccc1F)N=C(N)SC2. The first kappa shape index (κ1) is 20.2. The summed E-state index contributed by atoms with van der Waals surface area (Å²) in [6, 6.07) is 4.43. The molecule has 162 valence electrons. The van der Waals surface area contributed by atoms with Gasteiger partial charge in [-0.3, -0.25) is 4.79 Å². The minimum atomic E-state index is -0.936. The van der Waals surface area contributed by atoms with Crippen LogP contribution in [0.2, 0.25) is 0 Å². The molecule has 1 aromatic carbocycles. The van der Waals surface area contributed by atoms with Crippen molar-refractivity contribution in [3.05, 3.63) is 47.7 Å². The van der Waals surface area contributed by atoms with Gasteiger partial charge < -0.3 is 20.5 Å². The highest BCUT2D eigenvalue weighted by Crippen LogP contribution is 2.53. The summed E-state index contributed by atoms with van der Waals surface area (Å²) in [7, 11) is 0. The molecule has 3 aliphatic rings. The lowest BCUT2D eigenvalue weighted by Gasteiger charge is -2.42. The molecular formula is C21H22FN5O3S. The van der Waals surface area contributed by atoms with Gasteiger partial charge in [0.25, 0.3) is 5.91 Å². The fraction of sp³-hybridized carbons (Fsp3) is 0.429. The van der Waals surface area contributed by atoms with Gasteiger partial charge in [0.15, 0.2) is 5.17 Å². The molecule has 1 aliphatic carbocycles. The van der Waals surface area contributed by atoms with Crippen LogP contribution in [0.25, 0.3) is 0 Å². The summed E-state index contributed by atoms with van der Waals surface area (Å²) >= 11 is 1.44. The molecule has 10 heteroatoms. The van der Waals surface area contributed by atoms with Crippen molar-refractivity contribution in [2.24, 2.45) is 16.1 Å². The molecule has 0 spiro atoms. The monoisotopic (exact) mass is 443 g/mol. The lowest BCUT2D eigenvalue weighted by Crippen LogP contribution is -2.48. The van der Waals surface area contributed by atoms with Crippen molar-refractivity contribution < 1.29 is 18.7 Å². The molecular weight excluding hydrogens is 421 g/mol. The molecule has 2 aliphatic heterocycles. The van der Waals surface area contributed by atoms with E-state index >= 15 is 0 Å². The number of rotatable bonds is 5. The zero-order valence-electron chi connectivity index (χ0n) is 16.9. The average Bonchev–Trinajstić information content (AvgIpc) is 3.50. The van der Waals surface area contributed by atoms with Crippen LogP contribution in [-0.2, 0) is 10.3 Å². The van der Waals surface area contributed by atoms with Gasteiger partial charge in [-0.1, -0.05) is 18.7 Å². The first-order valence-corrected chi connectivity index (χ1v) is 11.0. The minimum absolute atomic E-state index is 0.137. The van der Waals surface area contributed by atoms with E-state index in [1.54, 1.807) is 6.07 Å². The number of fused-ring (bicyclic) bond motifs is 1. The number of benzene rings is 1. The number of nitrogens with zero attached hydrogens (tertiary/aromatic N) is 3. The first-order chi connectivity index (χ1) is 14.9. The first-order valence-electron chi connectivity index (χ1n) is 10.0. The van der Waals surface area contributed by atoms with Crippen LogP contribution >= 0.6 is 11.8 Å². The lowest BCUT2D eigenvalue weighted by molar-refractivity contribution is 0.102. The largest absolute Gasteiger partial charge is 0.473 e. The molecule has 1 saturated carbocycles. The van der Waals surface area contributed by atoms with E-state index in [1.165, 1.54) is 36.3 Å². The van der Waals surface area contributed by atoms with Gasteiger partial charge in [0.1, 0.15) is 23.2 Å². The quantitative estimate of drug-likeness (QED) is 0.731. The molecule has 0 radical (unpaired) electrons. The summed E-state index contributed by atoms with van der Waals surface area (Å²) in [4.78, 5) is 25.5. The van der Waals surface area contributed by atoms with Crippen molar-refractivity contribution in [1.29, 1.82) is 0 Å². The van der Waals surface area contributed by atoms with Crippen molar-refractivity contribution in [3.63, 3.8) is 0 Å². The van der Waals surface area contributed by atoms with E-state index in [2.05, 4.69) is 20.3 Å². The second-order valence-electron chi connectivity index (χ2n) is 8.36. The average molecular weight is 444 g/mol. The van der Waals surface area contributed by atoms with Gasteiger partial charge in [0.2, 0.25) is 5.88 Å². The Morgan fingerprint density at radius 3 is 2.90 bits per heavy atom. The number of nitrogens with one attached hydrogen (secondary N) is 1. The van der Waals surface area contributed by atoms with Crippen molar-refractivity contribution in [3.8, 4) is 5.88 Å². The van der Waals surface area contributed by atoms with E-state index in [0.29, 0.717) is 34.7 Å². The van der Waals surface area contributed by atoms with Crippen molar-refractivity contribution in [2.45, 2.75) is 31.4 Å². The Kier molecular flexibility index (Phi) is 4.86. The van der Waals surface area contributed by atoms with E-state index in [0.717, 1.165) is 12.8 Å². The van der Waals surface area contributed by atoms with E-state index in [1.807, 2.05) is 6.92 Å². The topological polar surface area (TPSA) is 112 Å². The normalized spacial score (nSPS) is 27.4. The highest BCUT2D eigenvalue weighted by molar-refractivity contribution is 8.13. The van der Waals surface area contributed by atoms with Crippen LogP contribution in [0, 0.1) is 11.2 Å². The summed E-state index contributed by atoms with van der Waals surface area (Å²) < 4.78 is 26.3. The van der Waals surface area contributed by atoms with Crippen molar-refractivity contribution >= 4 is 28.5 Å². The molecule has 31 heavy (non-hydrogen) atoms. The Morgan fingerprint density at radius 1 is 1.32 bits per heavy atom. The molecule has 1 saturated heterocycles.